The Morgan fingerprint density at radius 1 is 0.904 bits per heavy atom. The van der Waals surface area contributed by atoms with Crippen LogP contribution in [-0.2, 0) is 40.0 Å². The van der Waals surface area contributed by atoms with E-state index in [2.05, 4.69) is 63.1 Å². The Bertz CT molecular complexity index is 2970. The van der Waals surface area contributed by atoms with Gasteiger partial charge in [0.25, 0.3) is 0 Å². The van der Waals surface area contributed by atoms with Gasteiger partial charge in [-0.25, -0.2) is 19.6 Å². The molecule has 6 heterocycles. The monoisotopic (exact) mass is 1020 g/mol. The third-order valence-electron chi connectivity index (χ3n) is 16.5. The number of halogens is 4. The number of likely N-dealkylation sites (tertiary alicyclic amines) is 2. The van der Waals surface area contributed by atoms with E-state index >= 15 is 0 Å². The number of carbonyl (C=O) groups is 3. The minimum absolute atomic E-state index is 0.216. The van der Waals surface area contributed by atoms with Crippen molar-refractivity contribution >= 4 is 46.4 Å². The molecule has 1 atom stereocenters. The van der Waals surface area contributed by atoms with E-state index in [1.165, 1.54) is 64.5 Å². The Labute approximate surface area is 426 Å². The average Bonchev–Trinajstić information content (AvgIpc) is 3.62. The first-order valence-electron chi connectivity index (χ1n) is 25.1. The molecule has 3 aromatic carbocycles. The van der Waals surface area contributed by atoms with E-state index in [0.29, 0.717) is 40.5 Å². The summed E-state index contributed by atoms with van der Waals surface area (Å²) in [6, 6.07) is 23.8. The minimum atomic E-state index is -5.08. The van der Waals surface area contributed by atoms with Gasteiger partial charge in [0.2, 0.25) is 17.8 Å². The number of imide groups is 1. The van der Waals surface area contributed by atoms with Crippen LogP contribution in [-0.4, -0.2) is 103 Å². The highest BCUT2D eigenvalue weighted by atomic mass is 35.5. The molecule has 2 spiro atoms. The molecule has 15 nitrogen and oxygen atoms in total. The Morgan fingerprint density at radius 3 is 2.21 bits per heavy atom. The predicted octanol–water partition coefficient (Wildman–Crippen LogP) is 8.30. The number of ether oxygens (including phenoxy) is 1. The molecule has 386 valence electrons. The number of aromatic nitrogens is 4. The number of hydrogen-bond donors (Lipinski definition) is 2. The fourth-order valence-electron chi connectivity index (χ4n) is 11.9. The maximum atomic E-state index is 13.5. The molecular weight excluding hydrogens is 963 g/mol. The van der Waals surface area contributed by atoms with Crippen molar-refractivity contribution in [2.45, 2.75) is 115 Å². The topological polar surface area (TPSA) is 179 Å². The second-order valence-corrected chi connectivity index (χ2v) is 21.7. The van der Waals surface area contributed by atoms with Crippen molar-refractivity contribution in [1.82, 2.24) is 34.2 Å². The van der Waals surface area contributed by atoms with E-state index in [1.54, 1.807) is 22.2 Å². The van der Waals surface area contributed by atoms with Crippen LogP contribution in [0.25, 0.3) is 11.0 Å². The number of fused-ring (bicyclic) bond motifs is 1. The zero-order valence-electron chi connectivity index (χ0n) is 41.4. The third kappa shape index (κ3) is 11.0. The molecule has 73 heavy (non-hydrogen) atoms. The number of amides is 2. The summed E-state index contributed by atoms with van der Waals surface area (Å²) in [7, 11) is 1.79. The molecule has 19 heteroatoms. The number of para-hydroxylation sites is 1. The fraction of sp³-hybridized carbons (Fsp3) is 0.500. The molecular formula is C54H61ClF3N9O6. The molecule has 1 saturated carbocycles. The van der Waals surface area contributed by atoms with Crippen molar-refractivity contribution in [3.8, 4) is 11.8 Å². The molecule has 4 aliphatic heterocycles. The highest BCUT2D eigenvalue weighted by molar-refractivity contribution is 6.30. The van der Waals surface area contributed by atoms with E-state index < -0.39 is 24.1 Å². The van der Waals surface area contributed by atoms with Gasteiger partial charge < -0.3 is 19.6 Å². The summed E-state index contributed by atoms with van der Waals surface area (Å²) in [6.07, 6.45) is 7.24. The molecule has 0 radical (unpaired) electrons. The van der Waals surface area contributed by atoms with Crippen molar-refractivity contribution in [2.75, 3.05) is 44.2 Å². The zero-order valence-corrected chi connectivity index (χ0v) is 42.1. The van der Waals surface area contributed by atoms with Crippen molar-refractivity contribution in [3.05, 3.63) is 116 Å². The number of nitriles is 1. The van der Waals surface area contributed by atoms with E-state index in [-0.39, 0.29) is 23.4 Å². The maximum Gasteiger partial charge on any atom is 0.490 e. The lowest BCUT2D eigenvalue weighted by Gasteiger charge is -2.57. The smallest absolute Gasteiger partial charge is 0.487 e. The van der Waals surface area contributed by atoms with Crippen LogP contribution in [0.1, 0.15) is 112 Å². The van der Waals surface area contributed by atoms with Gasteiger partial charge in [-0.1, -0.05) is 49.7 Å². The molecule has 5 aliphatic rings. The van der Waals surface area contributed by atoms with Crippen LogP contribution < -0.4 is 20.6 Å². The van der Waals surface area contributed by atoms with Crippen LogP contribution >= 0.6 is 11.6 Å². The van der Waals surface area contributed by atoms with Crippen molar-refractivity contribution in [1.29, 1.82) is 5.26 Å². The molecule has 10 rings (SSSR count). The first kappa shape index (κ1) is 51.6. The van der Waals surface area contributed by atoms with Gasteiger partial charge in [0, 0.05) is 55.8 Å². The van der Waals surface area contributed by atoms with Gasteiger partial charge in [-0.2, -0.15) is 18.4 Å². The largest absolute Gasteiger partial charge is 0.490 e. The normalized spacial score (nSPS) is 20.5. The summed E-state index contributed by atoms with van der Waals surface area (Å²) in [6.45, 7) is 11.8. The number of benzene rings is 3. The molecule has 2 amide bonds. The fourth-order valence-corrected chi connectivity index (χ4v) is 12.1. The summed E-state index contributed by atoms with van der Waals surface area (Å²) in [5.74, 6) is -1.88. The molecule has 5 aromatic rings. The first-order valence-corrected chi connectivity index (χ1v) is 25.4. The molecule has 1 unspecified atom stereocenters. The number of aryl methyl sites for hydroxylation is 1. The predicted molar refractivity (Wildman–Crippen MR) is 268 cm³/mol. The number of anilines is 1. The minimum Gasteiger partial charge on any atom is -0.487 e. The summed E-state index contributed by atoms with van der Waals surface area (Å²) >= 11 is 6.33. The SMILES string of the molecule is Cn1c(=O)n(C2CCC(=O)NC2=O)c2cccc(CN3CCC4(CC3)CC(N3CCC5(CCN(c6nccc(COc7ccc(C(C)(C)c8cc(Cl)cc(C#N)c8)cc7)n6)CC5)CC3)C4)c21.O=C(O)C(F)(F)F. The molecule has 2 N–H and O–H groups in total. The van der Waals surface area contributed by atoms with Gasteiger partial charge in [0.15, 0.2) is 0 Å². The van der Waals surface area contributed by atoms with Crippen LogP contribution in [0.4, 0.5) is 19.1 Å². The quantitative estimate of drug-likeness (QED) is 0.128. The van der Waals surface area contributed by atoms with E-state index in [0.717, 1.165) is 77.8 Å². The molecule has 2 aromatic heterocycles. The lowest BCUT2D eigenvalue weighted by Crippen LogP contribution is -2.57. The van der Waals surface area contributed by atoms with E-state index in [4.69, 9.17) is 31.2 Å². The van der Waals surface area contributed by atoms with Gasteiger partial charge in [-0.3, -0.25) is 28.9 Å². The summed E-state index contributed by atoms with van der Waals surface area (Å²) in [4.78, 5) is 64.2. The number of alkyl halides is 3. The summed E-state index contributed by atoms with van der Waals surface area (Å²) in [5, 5.41) is 19.5. The number of hydrogen-bond acceptors (Lipinski definition) is 11. The number of rotatable bonds is 10. The standard InChI is InChI=1S/C52H60ClN9O4.C2HF3O2/c1-50(2,38-27-35(32-54)28-39(53)29-38)37-7-9-42(10-8-37)66-34-40-13-20-55-48(56-40)61-25-18-51(19-26-61)16-23-60(24-17-51)41-30-52(31-41)14-21-59(22-15-52)33-36-5-4-6-43-46(36)58(3)49(65)62(43)44-11-12-45(63)57-47(44)64;3-2(4,5)1(6)7/h4-10,13,20,27-29,41,44H,11-12,14-19,21-26,30-31,33-34H2,1-3H3,(H,57,63,64);(H,6,7). The number of carbonyl (C=O) groups excluding carboxylic acids is 2. The summed E-state index contributed by atoms with van der Waals surface area (Å²) < 4.78 is 41.2. The number of nitrogens with zero attached hydrogens (tertiary/aromatic N) is 8. The molecule has 0 bridgehead atoms. The zero-order chi connectivity index (χ0) is 51.9. The number of nitrogens with one attached hydrogen (secondary N) is 1. The summed E-state index contributed by atoms with van der Waals surface area (Å²) in [5.41, 5.74) is 6.53. The molecule has 4 saturated heterocycles. The number of carboxylic acids is 1. The van der Waals surface area contributed by atoms with E-state index in [1.807, 2.05) is 48.7 Å². The van der Waals surface area contributed by atoms with E-state index in [9.17, 15) is 32.8 Å². The van der Waals surface area contributed by atoms with Gasteiger partial charge >= 0.3 is 17.8 Å². The Morgan fingerprint density at radius 2 is 1.56 bits per heavy atom. The van der Waals surface area contributed by atoms with Crippen molar-refractivity contribution in [3.63, 3.8) is 0 Å². The lowest BCUT2D eigenvalue weighted by atomic mass is 9.59. The second-order valence-electron chi connectivity index (χ2n) is 21.3. The Hall–Kier alpha value is -6.29. The van der Waals surface area contributed by atoms with Crippen molar-refractivity contribution in [2.24, 2.45) is 17.9 Å². The van der Waals surface area contributed by atoms with Gasteiger partial charge in [0.1, 0.15) is 18.4 Å². The number of carboxylic acid groups (broad SMARTS) is 1. The number of piperidine rings is 4. The average molecular weight is 1020 g/mol. The highest BCUT2D eigenvalue weighted by Crippen LogP contribution is 2.53. The van der Waals surface area contributed by atoms with Crippen LogP contribution in [0.2, 0.25) is 5.02 Å². The Kier molecular flexibility index (Phi) is 14.5. The van der Waals surface area contributed by atoms with Gasteiger partial charge in [-0.15, -0.1) is 0 Å². The maximum absolute atomic E-state index is 13.5. The lowest BCUT2D eigenvalue weighted by molar-refractivity contribution is -0.192. The van der Waals surface area contributed by atoms with Crippen LogP contribution in [0.15, 0.2) is 77.7 Å². The van der Waals surface area contributed by atoms with Crippen LogP contribution in [0, 0.1) is 22.2 Å². The Balaban J connectivity index is 0.000000875. The highest BCUT2D eigenvalue weighted by Gasteiger charge is 2.49. The van der Waals surface area contributed by atoms with Crippen LogP contribution in [0.3, 0.4) is 0 Å². The molecule has 5 fully saturated rings. The van der Waals surface area contributed by atoms with Crippen molar-refractivity contribution < 1.29 is 37.4 Å². The molecule has 1 aliphatic carbocycles. The third-order valence-corrected chi connectivity index (χ3v) is 16.7. The first-order chi connectivity index (χ1) is 34.7. The van der Waals surface area contributed by atoms with Gasteiger partial charge in [-0.05, 0) is 154 Å². The second kappa shape index (κ2) is 20.6. The van der Waals surface area contributed by atoms with Crippen LogP contribution in [0.5, 0.6) is 5.75 Å². The van der Waals surface area contributed by atoms with Gasteiger partial charge in [0.05, 0.1) is 28.4 Å². The number of imidazole rings is 1. The number of aliphatic carboxylic acids is 1.